The zero-order valence-corrected chi connectivity index (χ0v) is 20.2. The van der Waals surface area contributed by atoms with Gasteiger partial charge < -0.3 is 20.1 Å². The summed E-state index contributed by atoms with van der Waals surface area (Å²) >= 11 is 0. The third kappa shape index (κ3) is 2.40. The number of phenols is 1. The maximum atomic E-state index is 11.8. The second-order valence-electron chi connectivity index (χ2n) is 13.0. The minimum absolute atomic E-state index is 0.143. The molecule has 5 aliphatic rings. The number of nitrogens with zero attached hydrogens (tertiary/aromatic N) is 1. The van der Waals surface area contributed by atoms with E-state index < -0.39 is 17.8 Å². The van der Waals surface area contributed by atoms with Gasteiger partial charge in [0.05, 0.1) is 11.7 Å². The number of piperidine rings is 1. The van der Waals surface area contributed by atoms with E-state index in [0.717, 1.165) is 43.8 Å². The Morgan fingerprint density at radius 1 is 1.19 bits per heavy atom. The van der Waals surface area contributed by atoms with E-state index in [9.17, 15) is 15.3 Å². The zero-order chi connectivity index (χ0) is 22.8. The molecule has 3 fully saturated rings. The highest BCUT2D eigenvalue weighted by Gasteiger charge is 2.74. The number of rotatable bonds is 3. The number of aliphatic hydroxyl groups is 2. The Morgan fingerprint density at radius 3 is 2.56 bits per heavy atom. The molecular weight excluding hydrogens is 402 g/mol. The first-order chi connectivity index (χ1) is 14.9. The van der Waals surface area contributed by atoms with Crippen molar-refractivity contribution in [3.8, 4) is 11.5 Å². The van der Waals surface area contributed by atoms with Crippen LogP contribution in [0, 0.1) is 22.7 Å². The largest absolute Gasteiger partial charge is 0.504 e. The molecule has 0 amide bonds. The molecule has 2 saturated carbocycles. The van der Waals surface area contributed by atoms with Gasteiger partial charge >= 0.3 is 0 Å². The molecular formula is C27H39NO4. The van der Waals surface area contributed by atoms with Crippen LogP contribution in [0.4, 0.5) is 0 Å². The average molecular weight is 442 g/mol. The maximum absolute atomic E-state index is 11.8. The van der Waals surface area contributed by atoms with Crippen molar-refractivity contribution in [3.05, 3.63) is 23.3 Å². The van der Waals surface area contributed by atoms with E-state index in [0.29, 0.717) is 11.8 Å². The maximum Gasteiger partial charge on any atom is 0.165 e. The van der Waals surface area contributed by atoms with Crippen LogP contribution >= 0.6 is 0 Å². The van der Waals surface area contributed by atoms with Gasteiger partial charge in [-0.05, 0) is 74.0 Å². The molecule has 2 aliphatic heterocycles. The monoisotopic (exact) mass is 441 g/mol. The van der Waals surface area contributed by atoms with Gasteiger partial charge in [0.2, 0.25) is 0 Å². The van der Waals surface area contributed by atoms with Crippen molar-refractivity contribution >= 4 is 0 Å². The van der Waals surface area contributed by atoms with E-state index in [1.807, 2.05) is 6.92 Å². The summed E-state index contributed by atoms with van der Waals surface area (Å²) in [6.45, 7) is 12.6. The summed E-state index contributed by atoms with van der Waals surface area (Å²) in [5.41, 5.74) is 0.541. The van der Waals surface area contributed by atoms with Crippen LogP contribution in [0.25, 0.3) is 0 Å². The van der Waals surface area contributed by atoms with E-state index in [1.165, 1.54) is 18.4 Å². The first-order valence-electron chi connectivity index (χ1n) is 12.6. The molecule has 1 aromatic rings. The highest BCUT2D eigenvalue weighted by Crippen LogP contribution is 2.71. The van der Waals surface area contributed by atoms with Crippen molar-refractivity contribution in [2.24, 2.45) is 22.7 Å². The average Bonchev–Trinajstić information content (AvgIpc) is 3.44. The minimum Gasteiger partial charge on any atom is -0.504 e. The van der Waals surface area contributed by atoms with Crippen LogP contribution in [0.3, 0.4) is 0 Å². The minimum atomic E-state index is -1.05. The van der Waals surface area contributed by atoms with Crippen molar-refractivity contribution < 1.29 is 20.1 Å². The molecule has 2 heterocycles. The number of hydrogen-bond acceptors (Lipinski definition) is 5. The van der Waals surface area contributed by atoms with Gasteiger partial charge in [-0.2, -0.15) is 0 Å². The van der Waals surface area contributed by atoms with E-state index in [-0.39, 0.29) is 27.9 Å². The van der Waals surface area contributed by atoms with Gasteiger partial charge in [-0.15, -0.1) is 0 Å². The molecule has 5 nitrogen and oxygen atoms in total. The summed E-state index contributed by atoms with van der Waals surface area (Å²) in [5.74, 6) is 1.29. The SMILES string of the molecule is CC(C)(C)[C@@](C)(O)C1C[C@]2(C)[C@H]3Cc4ccc(O)c5c4[C@@]2(CCN3CC2CC2)[C@@H](O5)C1O. The lowest BCUT2D eigenvalue weighted by Gasteiger charge is -2.68. The number of aliphatic hydroxyl groups excluding tert-OH is 1. The van der Waals surface area contributed by atoms with Gasteiger partial charge in [-0.1, -0.05) is 33.8 Å². The van der Waals surface area contributed by atoms with Gasteiger partial charge in [0, 0.05) is 29.5 Å². The second kappa shape index (κ2) is 6.22. The molecule has 0 radical (unpaired) electrons. The van der Waals surface area contributed by atoms with Crippen molar-refractivity contribution in [3.63, 3.8) is 0 Å². The summed E-state index contributed by atoms with van der Waals surface area (Å²) < 4.78 is 6.52. The number of likely N-dealkylation sites (tertiary alicyclic amines) is 1. The molecule has 1 spiro atoms. The van der Waals surface area contributed by atoms with E-state index in [2.05, 4.69) is 38.7 Å². The summed E-state index contributed by atoms with van der Waals surface area (Å²) in [5, 5.41) is 34.3. The van der Waals surface area contributed by atoms with Crippen LogP contribution in [0.15, 0.2) is 12.1 Å². The molecule has 3 aliphatic carbocycles. The standard InChI is InChI=1S/C27H39NO4/c1-24(2,3)26(5,31)17-13-25(4)19-12-16-8-9-18(29)22-20(16)27(25,23(32-22)21(17)30)10-11-28(19)14-15-6-7-15/h8-9,15,17,19,21,23,29-31H,6-7,10-14H2,1-5H3/t17?,19-,21?,23+,25-,26+,27+/m1/s1. The van der Waals surface area contributed by atoms with E-state index >= 15 is 0 Å². The molecule has 0 aromatic heterocycles. The number of aromatic hydroxyl groups is 1. The fraction of sp³-hybridized carbons (Fsp3) is 0.778. The highest BCUT2D eigenvalue weighted by atomic mass is 16.5. The van der Waals surface area contributed by atoms with Gasteiger partial charge in [-0.3, -0.25) is 4.90 Å². The number of ether oxygens (including phenoxy) is 1. The fourth-order valence-electron chi connectivity index (χ4n) is 8.07. The summed E-state index contributed by atoms with van der Waals surface area (Å²) in [7, 11) is 0. The lowest BCUT2D eigenvalue weighted by Crippen LogP contribution is -2.75. The molecule has 176 valence electrons. The van der Waals surface area contributed by atoms with Crippen LogP contribution in [-0.4, -0.2) is 57.2 Å². The van der Waals surface area contributed by atoms with Crippen molar-refractivity contribution in [1.29, 1.82) is 0 Å². The summed E-state index contributed by atoms with van der Waals surface area (Å²) in [4.78, 5) is 2.72. The molecule has 2 unspecified atom stereocenters. The molecule has 32 heavy (non-hydrogen) atoms. The second-order valence-corrected chi connectivity index (χ2v) is 13.0. The van der Waals surface area contributed by atoms with Gasteiger partial charge in [0.15, 0.2) is 11.5 Å². The van der Waals surface area contributed by atoms with Gasteiger partial charge in [0.25, 0.3) is 0 Å². The van der Waals surface area contributed by atoms with Crippen molar-refractivity contribution in [2.45, 2.75) is 96.0 Å². The predicted octanol–water partition coefficient (Wildman–Crippen LogP) is 3.62. The molecule has 7 atom stereocenters. The third-order valence-electron chi connectivity index (χ3n) is 10.6. The quantitative estimate of drug-likeness (QED) is 0.668. The Balaban J connectivity index is 1.54. The fourth-order valence-corrected chi connectivity index (χ4v) is 8.07. The van der Waals surface area contributed by atoms with Crippen molar-refractivity contribution in [2.75, 3.05) is 13.1 Å². The Hall–Kier alpha value is -1.30. The third-order valence-corrected chi connectivity index (χ3v) is 10.6. The number of benzene rings is 1. The van der Waals surface area contributed by atoms with E-state index in [4.69, 9.17) is 4.74 Å². The van der Waals surface area contributed by atoms with Crippen LogP contribution in [0.2, 0.25) is 0 Å². The van der Waals surface area contributed by atoms with Crippen LogP contribution in [0.1, 0.15) is 71.4 Å². The number of phenolic OH excluding ortho intramolecular Hbond substituents is 1. The smallest absolute Gasteiger partial charge is 0.165 e. The molecule has 1 aromatic carbocycles. The first-order valence-corrected chi connectivity index (χ1v) is 12.6. The lowest BCUT2D eigenvalue weighted by atomic mass is 9.41. The number of hydrogen-bond donors (Lipinski definition) is 3. The molecule has 5 heteroatoms. The lowest BCUT2D eigenvalue weighted by molar-refractivity contribution is -0.225. The Bertz CT molecular complexity index is 963. The Labute approximate surface area is 191 Å². The molecule has 6 rings (SSSR count). The summed E-state index contributed by atoms with van der Waals surface area (Å²) in [6, 6.07) is 4.20. The molecule has 2 bridgehead atoms. The normalized spacial score (nSPS) is 42.2. The summed E-state index contributed by atoms with van der Waals surface area (Å²) in [6.07, 6.45) is 4.10. The Kier molecular flexibility index (Phi) is 4.13. The highest BCUT2D eigenvalue weighted by molar-refractivity contribution is 5.62. The Morgan fingerprint density at radius 2 is 1.91 bits per heavy atom. The molecule has 1 saturated heterocycles. The molecule has 3 N–H and O–H groups in total. The van der Waals surface area contributed by atoms with Crippen LogP contribution in [-0.2, 0) is 11.8 Å². The van der Waals surface area contributed by atoms with Crippen LogP contribution < -0.4 is 4.74 Å². The first kappa shape index (κ1) is 21.2. The van der Waals surface area contributed by atoms with Gasteiger partial charge in [-0.25, -0.2) is 0 Å². The van der Waals surface area contributed by atoms with Crippen LogP contribution in [0.5, 0.6) is 11.5 Å². The predicted molar refractivity (Wildman–Crippen MR) is 123 cm³/mol. The van der Waals surface area contributed by atoms with Crippen molar-refractivity contribution in [1.82, 2.24) is 4.90 Å². The van der Waals surface area contributed by atoms with E-state index in [1.54, 1.807) is 6.07 Å². The topological polar surface area (TPSA) is 73.2 Å². The van der Waals surface area contributed by atoms with Gasteiger partial charge in [0.1, 0.15) is 6.10 Å². The zero-order valence-electron chi connectivity index (χ0n) is 20.2.